The summed E-state index contributed by atoms with van der Waals surface area (Å²) in [5.41, 5.74) is 6.33. The number of alkyl halides is 3. The number of rotatable bonds is 4. The fourth-order valence-corrected chi connectivity index (χ4v) is 4.09. The average molecular weight is 528 g/mol. The van der Waals surface area contributed by atoms with E-state index in [1.165, 1.54) is 30.3 Å². The van der Waals surface area contributed by atoms with Crippen LogP contribution >= 0.6 is 11.6 Å². The van der Waals surface area contributed by atoms with Crippen LogP contribution in [0.15, 0.2) is 54.7 Å². The van der Waals surface area contributed by atoms with Crippen molar-refractivity contribution >= 4 is 29.0 Å². The Balaban J connectivity index is 1.53. The van der Waals surface area contributed by atoms with Gasteiger partial charge in [0.05, 0.1) is 16.1 Å². The molecule has 2 heterocycles. The quantitative estimate of drug-likeness (QED) is 0.480. The minimum atomic E-state index is -4.56. The summed E-state index contributed by atoms with van der Waals surface area (Å²) >= 11 is 6.23. The Hall–Kier alpha value is -3.58. The first-order valence-corrected chi connectivity index (χ1v) is 11.9. The number of likely N-dealkylation sites (N-methyl/N-ethyl adjacent to an activating group) is 1. The van der Waals surface area contributed by atoms with Crippen molar-refractivity contribution in [3.05, 3.63) is 87.6 Å². The highest BCUT2D eigenvalue weighted by Gasteiger charge is 2.34. The predicted molar refractivity (Wildman–Crippen MR) is 138 cm³/mol. The van der Waals surface area contributed by atoms with Gasteiger partial charge in [0, 0.05) is 55.7 Å². The van der Waals surface area contributed by atoms with Gasteiger partial charge >= 0.3 is 6.18 Å². The Bertz CT molecular complexity index is 1360. The molecule has 0 unspecified atom stereocenters. The number of halogens is 4. The first-order valence-electron chi connectivity index (χ1n) is 11.5. The Kier molecular flexibility index (Phi) is 8.03. The lowest BCUT2D eigenvalue weighted by Gasteiger charge is -2.33. The molecular formula is C27H25ClF3N5O. The molecule has 1 aliphatic rings. The smallest absolute Gasteiger partial charge is 0.383 e. The van der Waals surface area contributed by atoms with E-state index in [0.717, 1.165) is 19.2 Å². The van der Waals surface area contributed by atoms with E-state index in [0.29, 0.717) is 29.2 Å². The summed E-state index contributed by atoms with van der Waals surface area (Å²) < 4.78 is 41.6. The molecule has 0 aliphatic carbocycles. The second-order valence-electron chi connectivity index (χ2n) is 8.78. The molecule has 1 aliphatic heterocycles. The SMILES string of the molecule is CN1CCN(Cc2ccc(NC(=O)c3ccc(Cl)c(C#Cc4cccnc4N)c3)cc2C(F)(F)F)CC1. The first-order chi connectivity index (χ1) is 17.6. The molecule has 3 N–H and O–H groups in total. The highest BCUT2D eigenvalue weighted by molar-refractivity contribution is 6.32. The van der Waals surface area contributed by atoms with Gasteiger partial charge < -0.3 is 16.0 Å². The monoisotopic (exact) mass is 527 g/mol. The van der Waals surface area contributed by atoms with Crippen LogP contribution in [0.5, 0.6) is 0 Å². The summed E-state index contributed by atoms with van der Waals surface area (Å²) in [6.07, 6.45) is -3.01. The molecule has 0 spiro atoms. The maximum absolute atomic E-state index is 13.9. The number of piperazine rings is 1. The van der Waals surface area contributed by atoms with E-state index >= 15 is 0 Å². The van der Waals surface area contributed by atoms with Crippen molar-refractivity contribution in [2.75, 3.05) is 44.3 Å². The van der Waals surface area contributed by atoms with Gasteiger partial charge in [0.25, 0.3) is 5.91 Å². The molecule has 2 aromatic carbocycles. The Labute approximate surface area is 218 Å². The maximum atomic E-state index is 13.9. The molecule has 10 heteroatoms. The van der Waals surface area contributed by atoms with Crippen LogP contribution in [0.25, 0.3) is 0 Å². The molecule has 37 heavy (non-hydrogen) atoms. The number of anilines is 2. The van der Waals surface area contributed by atoms with Gasteiger partial charge in [-0.1, -0.05) is 29.5 Å². The molecule has 0 bridgehead atoms. The number of aromatic nitrogens is 1. The van der Waals surface area contributed by atoms with Crippen molar-refractivity contribution in [1.82, 2.24) is 14.8 Å². The van der Waals surface area contributed by atoms with Gasteiger partial charge in [0.15, 0.2) is 0 Å². The zero-order chi connectivity index (χ0) is 26.6. The van der Waals surface area contributed by atoms with Gasteiger partial charge in [0.1, 0.15) is 5.82 Å². The van der Waals surface area contributed by atoms with E-state index in [2.05, 4.69) is 27.0 Å². The average Bonchev–Trinajstić information content (AvgIpc) is 2.86. The summed E-state index contributed by atoms with van der Waals surface area (Å²) in [4.78, 5) is 21.0. The van der Waals surface area contributed by atoms with E-state index in [9.17, 15) is 18.0 Å². The highest BCUT2D eigenvalue weighted by atomic mass is 35.5. The topological polar surface area (TPSA) is 74.5 Å². The fourth-order valence-electron chi connectivity index (χ4n) is 3.93. The Morgan fingerprint density at radius 2 is 1.81 bits per heavy atom. The highest BCUT2D eigenvalue weighted by Crippen LogP contribution is 2.34. The molecule has 4 rings (SSSR count). The lowest BCUT2D eigenvalue weighted by atomic mass is 10.0. The number of nitrogens with zero attached hydrogens (tertiary/aromatic N) is 3. The van der Waals surface area contributed by atoms with Crippen molar-refractivity contribution in [3.63, 3.8) is 0 Å². The van der Waals surface area contributed by atoms with Gasteiger partial charge in [-0.25, -0.2) is 4.98 Å². The number of hydrogen-bond acceptors (Lipinski definition) is 5. The second kappa shape index (κ2) is 11.2. The zero-order valence-electron chi connectivity index (χ0n) is 20.1. The van der Waals surface area contributed by atoms with Crippen LogP contribution < -0.4 is 11.1 Å². The standard InChI is InChI=1S/C27H25ClF3N5O/c1-35-11-13-36(14-12-35)17-21-6-8-22(16-23(21)27(29,30)31)34-26(37)20-7-9-24(28)19(15-20)5-4-18-3-2-10-33-25(18)32/h2-3,6-10,15-16H,11-14,17H2,1H3,(H2,32,33)(H,34,37). The van der Waals surface area contributed by atoms with Crippen molar-refractivity contribution in [1.29, 1.82) is 0 Å². The normalized spacial score (nSPS) is 14.6. The molecule has 3 aromatic rings. The number of nitrogen functional groups attached to an aromatic ring is 1. The van der Waals surface area contributed by atoms with Crippen molar-refractivity contribution < 1.29 is 18.0 Å². The second-order valence-corrected chi connectivity index (χ2v) is 9.19. The van der Waals surface area contributed by atoms with Gasteiger partial charge in [-0.2, -0.15) is 13.2 Å². The molecule has 192 valence electrons. The van der Waals surface area contributed by atoms with E-state index in [1.54, 1.807) is 18.3 Å². The van der Waals surface area contributed by atoms with E-state index in [-0.39, 0.29) is 29.2 Å². The molecular weight excluding hydrogens is 503 g/mol. The molecule has 1 aromatic heterocycles. The number of benzene rings is 2. The van der Waals surface area contributed by atoms with Crippen LogP contribution in [0.2, 0.25) is 5.02 Å². The lowest BCUT2D eigenvalue weighted by molar-refractivity contribution is -0.138. The van der Waals surface area contributed by atoms with E-state index in [1.807, 2.05) is 11.9 Å². The van der Waals surface area contributed by atoms with Gasteiger partial charge in [-0.15, -0.1) is 0 Å². The van der Waals surface area contributed by atoms with E-state index in [4.69, 9.17) is 17.3 Å². The number of nitrogens with one attached hydrogen (secondary N) is 1. The number of hydrogen-bond donors (Lipinski definition) is 2. The Morgan fingerprint density at radius 3 is 2.51 bits per heavy atom. The summed E-state index contributed by atoms with van der Waals surface area (Å²) in [6.45, 7) is 3.19. The third-order valence-corrected chi connectivity index (χ3v) is 6.39. The van der Waals surface area contributed by atoms with Crippen LogP contribution in [0.4, 0.5) is 24.7 Å². The van der Waals surface area contributed by atoms with Crippen LogP contribution in [0.3, 0.4) is 0 Å². The summed E-state index contributed by atoms with van der Waals surface area (Å²) in [5.74, 6) is 5.41. The third kappa shape index (κ3) is 6.80. The number of amides is 1. The number of carbonyl (C=O) groups excluding carboxylic acids is 1. The molecule has 1 amide bonds. The Morgan fingerprint density at radius 1 is 1.08 bits per heavy atom. The number of carbonyl (C=O) groups is 1. The van der Waals surface area contributed by atoms with Gasteiger partial charge in [0.2, 0.25) is 0 Å². The van der Waals surface area contributed by atoms with Crippen LogP contribution in [0, 0.1) is 11.8 Å². The number of pyridine rings is 1. The first kappa shape index (κ1) is 26.5. The van der Waals surface area contributed by atoms with E-state index < -0.39 is 17.6 Å². The van der Waals surface area contributed by atoms with Crippen molar-refractivity contribution in [3.8, 4) is 11.8 Å². The predicted octanol–water partition coefficient (Wildman–Crippen LogP) is 4.74. The van der Waals surface area contributed by atoms with Gasteiger partial charge in [-0.3, -0.25) is 9.69 Å². The third-order valence-electron chi connectivity index (χ3n) is 6.06. The lowest BCUT2D eigenvalue weighted by Crippen LogP contribution is -2.44. The van der Waals surface area contributed by atoms with Crippen molar-refractivity contribution in [2.24, 2.45) is 0 Å². The van der Waals surface area contributed by atoms with Crippen LogP contribution in [-0.2, 0) is 12.7 Å². The molecule has 0 atom stereocenters. The minimum absolute atomic E-state index is 0.0465. The minimum Gasteiger partial charge on any atom is -0.383 e. The molecule has 1 fully saturated rings. The molecule has 0 saturated carbocycles. The fraction of sp³-hybridized carbons (Fsp3) is 0.259. The van der Waals surface area contributed by atoms with Gasteiger partial charge in [-0.05, 0) is 55.1 Å². The maximum Gasteiger partial charge on any atom is 0.416 e. The van der Waals surface area contributed by atoms with Crippen LogP contribution in [0.1, 0.15) is 32.6 Å². The molecule has 1 saturated heterocycles. The number of nitrogens with two attached hydrogens (primary N) is 1. The van der Waals surface area contributed by atoms with Crippen LogP contribution in [-0.4, -0.2) is 53.9 Å². The largest absolute Gasteiger partial charge is 0.416 e. The molecule has 6 nitrogen and oxygen atoms in total. The zero-order valence-corrected chi connectivity index (χ0v) is 20.8. The summed E-state index contributed by atoms with van der Waals surface area (Å²) in [5, 5.41) is 2.88. The van der Waals surface area contributed by atoms with Crippen molar-refractivity contribution in [2.45, 2.75) is 12.7 Å². The summed E-state index contributed by atoms with van der Waals surface area (Å²) in [7, 11) is 1.99. The summed E-state index contributed by atoms with van der Waals surface area (Å²) in [6, 6.07) is 11.7. The molecule has 0 radical (unpaired) electrons.